The highest BCUT2D eigenvalue weighted by Crippen LogP contribution is 2.48. The second-order valence-corrected chi connectivity index (χ2v) is 39.2. The molecular formula is C135H89N9S2. The smallest absolute Gasteiger partial charge is 0.235 e. The summed E-state index contributed by atoms with van der Waals surface area (Å²) in [5.41, 5.74) is 32.6. The van der Waals surface area contributed by atoms with Crippen molar-refractivity contribution < 1.29 is 0 Å². The molecule has 0 aliphatic heterocycles. The maximum Gasteiger partial charge on any atom is 0.235 e. The Hall–Kier alpha value is -18.8. The largest absolute Gasteiger partial charge is 0.309 e. The zero-order valence-electron chi connectivity index (χ0n) is 78.4. The third-order valence-electron chi connectivity index (χ3n) is 28.7. The Labute approximate surface area is 849 Å². The summed E-state index contributed by atoms with van der Waals surface area (Å²) in [7, 11) is 0. The molecule has 146 heavy (non-hydrogen) atoms. The molecule has 0 aliphatic carbocycles. The van der Waals surface area contributed by atoms with E-state index in [1.54, 1.807) is 0 Å². The average molecular weight is 1900 g/mol. The highest BCUT2D eigenvalue weighted by molar-refractivity contribution is 7.26. The van der Waals surface area contributed by atoms with Gasteiger partial charge in [0.2, 0.25) is 5.95 Å². The molecule has 686 valence electrons. The van der Waals surface area contributed by atoms with Crippen molar-refractivity contribution in [2.24, 2.45) is 0 Å². The van der Waals surface area contributed by atoms with Crippen molar-refractivity contribution in [2.75, 3.05) is 0 Å². The third kappa shape index (κ3) is 14.9. The van der Waals surface area contributed by atoms with Gasteiger partial charge in [0.1, 0.15) is 0 Å². The first-order valence-electron chi connectivity index (χ1n) is 49.1. The minimum absolute atomic E-state index is 0. The molecule has 0 radical (unpaired) electrons. The van der Waals surface area contributed by atoms with Crippen LogP contribution in [0.5, 0.6) is 0 Å². The van der Waals surface area contributed by atoms with Crippen molar-refractivity contribution in [2.45, 2.75) is 7.43 Å². The number of rotatable bonds is 13. The van der Waals surface area contributed by atoms with Gasteiger partial charge in [-0.05, 0) is 215 Å². The Morgan fingerprint density at radius 2 is 0.432 bits per heavy atom. The molecule has 30 rings (SSSR count). The first kappa shape index (κ1) is 86.3. The minimum atomic E-state index is 0. The minimum Gasteiger partial charge on any atom is -0.309 e. The van der Waals surface area contributed by atoms with E-state index in [1.807, 2.05) is 71.2 Å². The van der Waals surface area contributed by atoms with E-state index < -0.39 is 0 Å². The lowest BCUT2D eigenvalue weighted by molar-refractivity contribution is 0.995. The van der Waals surface area contributed by atoms with Crippen LogP contribution >= 0.6 is 22.7 Å². The molecular weight excluding hydrogens is 1810 g/mol. The van der Waals surface area contributed by atoms with Gasteiger partial charge in [0.05, 0.1) is 77.9 Å². The quantitative estimate of drug-likeness (QED) is 0.115. The molecule has 21 aromatic carbocycles. The van der Waals surface area contributed by atoms with Gasteiger partial charge in [0.15, 0.2) is 5.82 Å². The van der Waals surface area contributed by atoms with E-state index >= 15 is 0 Å². The molecule has 0 saturated heterocycles. The molecule has 0 spiro atoms. The third-order valence-corrected chi connectivity index (χ3v) is 31.0. The molecule has 9 heterocycles. The summed E-state index contributed by atoms with van der Waals surface area (Å²) < 4.78 is 17.1. The molecule has 30 aromatic rings. The van der Waals surface area contributed by atoms with Gasteiger partial charge in [-0.1, -0.05) is 341 Å². The zero-order chi connectivity index (χ0) is 95.5. The number of benzene rings is 21. The van der Waals surface area contributed by atoms with Gasteiger partial charge < -0.3 is 18.3 Å². The monoisotopic (exact) mass is 1900 g/mol. The van der Waals surface area contributed by atoms with Gasteiger partial charge >= 0.3 is 0 Å². The van der Waals surface area contributed by atoms with Crippen LogP contribution in [-0.2, 0) is 0 Å². The van der Waals surface area contributed by atoms with E-state index in [2.05, 4.69) is 490 Å². The Morgan fingerprint density at radius 3 is 0.842 bits per heavy atom. The van der Waals surface area contributed by atoms with Crippen molar-refractivity contribution in [1.29, 1.82) is 0 Å². The molecule has 9 aromatic heterocycles. The number of fused-ring (bicyclic) bond motifs is 21. The first-order valence-corrected chi connectivity index (χ1v) is 50.7. The molecule has 0 fully saturated rings. The number of aromatic nitrogens is 9. The number of nitrogens with zero attached hydrogens (tertiary/aromatic N) is 9. The van der Waals surface area contributed by atoms with Crippen molar-refractivity contribution in [3.05, 3.63) is 516 Å². The fourth-order valence-electron chi connectivity index (χ4n) is 21.9. The fourth-order valence-corrected chi connectivity index (χ4v) is 24.3. The van der Waals surface area contributed by atoms with Crippen LogP contribution in [0, 0.1) is 0 Å². The number of para-hydroxylation sites is 7. The van der Waals surface area contributed by atoms with Crippen LogP contribution in [0.4, 0.5) is 0 Å². The van der Waals surface area contributed by atoms with Crippen LogP contribution < -0.4 is 0 Å². The lowest BCUT2D eigenvalue weighted by Crippen LogP contribution is -2.03. The van der Waals surface area contributed by atoms with Crippen molar-refractivity contribution in [1.82, 2.24) is 42.8 Å². The fraction of sp³-hybridized carbons (Fsp3) is 0.00741. The Morgan fingerprint density at radius 1 is 0.151 bits per heavy atom. The van der Waals surface area contributed by atoms with E-state index in [-0.39, 0.29) is 7.43 Å². The predicted octanol–water partition coefficient (Wildman–Crippen LogP) is 36.8. The van der Waals surface area contributed by atoms with Gasteiger partial charge in [-0.2, -0.15) is 0 Å². The van der Waals surface area contributed by atoms with Gasteiger partial charge in [-0.25, -0.2) is 19.9 Å². The SMILES string of the molecule is C.c1ccc(-c2cc(-c3ccccc3)nc(-c3ccc(-n4c5ccccc5c5cc(-c6cccc7c6sc6ccccc67)ccc54)cc3)n2)cc1.c1ccc(-c2cc(-c3ccccc3)nc(-n3c4ccccc4c4cc(-c5ccc6c(c5)c5ccccc5n6-c5ccccc5)ccc43)n2)cc1.c1ccc(-n2c3ccccc3c3cc(-c4ccc5c(c4)c4cc6c(cc4n5-c4ccccc4)sc4ccccc46)ccc32)cc1. The number of thiophene rings is 2. The summed E-state index contributed by atoms with van der Waals surface area (Å²) in [5, 5.41) is 17.7. The van der Waals surface area contributed by atoms with E-state index in [9.17, 15) is 0 Å². The summed E-state index contributed by atoms with van der Waals surface area (Å²) >= 11 is 3.75. The lowest BCUT2D eigenvalue weighted by atomic mass is 10.00. The van der Waals surface area contributed by atoms with E-state index in [0.717, 1.165) is 73.0 Å². The van der Waals surface area contributed by atoms with E-state index in [1.165, 1.54) is 183 Å². The average Bonchev–Trinajstić information content (AvgIpc) is 1.54. The van der Waals surface area contributed by atoms with Crippen molar-refractivity contribution in [3.63, 3.8) is 0 Å². The summed E-state index contributed by atoms with van der Waals surface area (Å²) in [6, 6.07) is 184. The van der Waals surface area contributed by atoms with Crippen LogP contribution in [-0.4, -0.2) is 42.8 Å². The normalized spacial score (nSPS) is 11.6. The lowest BCUT2D eigenvalue weighted by Gasteiger charge is -2.12. The molecule has 0 N–H and O–H groups in total. The van der Waals surface area contributed by atoms with Crippen LogP contribution in [0.1, 0.15) is 7.43 Å². The summed E-state index contributed by atoms with van der Waals surface area (Å²) in [6.07, 6.45) is 0. The summed E-state index contributed by atoms with van der Waals surface area (Å²) in [4.78, 5) is 20.5. The summed E-state index contributed by atoms with van der Waals surface area (Å²) in [6.45, 7) is 0. The highest BCUT2D eigenvalue weighted by Gasteiger charge is 2.25. The molecule has 0 unspecified atom stereocenters. The van der Waals surface area contributed by atoms with Gasteiger partial charge in [0.25, 0.3) is 0 Å². The Bertz CT molecular complexity index is 10200. The van der Waals surface area contributed by atoms with Gasteiger partial charge in [0, 0.05) is 145 Å². The second kappa shape index (κ2) is 36.1. The standard InChI is InChI=1S/C46H30N4.C46H29N3S.C42H26N2S.CH4/c1-4-14-31(15-5-1)40-30-41(32-16-6-2-7-17-32)48-46(47-40)50-43-23-13-11-21-37(43)39-29-34(25-27-45(39)50)33-24-26-44-38(28-33)36-20-10-12-22-42(36)49(44)35-18-8-3-9-19-35;1-3-12-30(13-4-1)40-29-41(31-14-5-2-6-15-31)48-46(47-40)32-22-25-34(26-23-32)49-42-20-9-7-16-36(42)39-28-33(24-27-43(39)49)35-18-11-19-38-37-17-8-10-21-44(37)50-45(35)38;1-3-11-29(12-4-1)43-37-17-9-7-15-31(37)33-23-27(19-21-38(33)43)28-20-22-39-34(24-28)35-25-36-32-16-8-10-18-41(32)45-42(36)26-40(35)44(39)30-13-5-2-6-14-30;/h1-30H;1-29H;1-26H;1H4. The van der Waals surface area contributed by atoms with Crippen LogP contribution in [0.2, 0.25) is 0 Å². The molecule has 0 saturated carbocycles. The van der Waals surface area contributed by atoms with Crippen LogP contribution in [0.15, 0.2) is 516 Å². The molecule has 0 bridgehead atoms. The van der Waals surface area contributed by atoms with E-state index in [0.29, 0.717) is 11.8 Å². The Balaban J connectivity index is 0.000000108. The van der Waals surface area contributed by atoms with Crippen molar-refractivity contribution in [3.8, 4) is 118 Å². The molecule has 0 atom stereocenters. The topological polar surface area (TPSA) is 76.2 Å². The molecule has 0 aliphatic rings. The van der Waals surface area contributed by atoms with Crippen LogP contribution in [0.3, 0.4) is 0 Å². The molecule has 11 heteroatoms. The first-order chi connectivity index (χ1) is 71.9. The summed E-state index contributed by atoms with van der Waals surface area (Å²) in [5.74, 6) is 1.36. The maximum atomic E-state index is 5.19. The molecule has 9 nitrogen and oxygen atoms in total. The molecule has 0 amide bonds. The second-order valence-electron chi connectivity index (χ2n) is 37.1. The number of hydrogen-bond donors (Lipinski definition) is 0. The van der Waals surface area contributed by atoms with E-state index in [4.69, 9.17) is 19.9 Å². The highest BCUT2D eigenvalue weighted by atomic mass is 32.1. The Kier molecular flexibility index (Phi) is 21.3. The van der Waals surface area contributed by atoms with Gasteiger partial charge in [-0.3, -0.25) is 4.57 Å². The van der Waals surface area contributed by atoms with Gasteiger partial charge in [-0.15, -0.1) is 22.7 Å². The maximum absolute atomic E-state index is 5.19. The van der Waals surface area contributed by atoms with Crippen LogP contribution in [0.25, 0.3) is 268 Å². The number of hydrogen-bond acceptors (Lipinski definition) is 6. The zero-order valence-corrected chi connectivity index (χ0v) is 80.0. The predicted molar refractivity (Wildman–Crippen MR) is 618 cm³/mol. The van der Waals surface area contributed by atoms with Crippen molar-refractivity contribution >= 4 is 172 Å².